The van der Waals surface area contributed by atoms with Crippen LogP contribution in [-0.2, 0) is 11.3 Å². The molecule has 0 saturated heterocycles. The second-order valence-electron chi connectivity index (χ2n) is 6.44. The molecule has 0 aliphatic rings. The second kappa shape index (κ2) is 9.87. The molecule has 0 bridgehead atoms. The quantitative estimate of drug-likeness (QED) is 0.250. The van der Waals surface area contributed by atoms with Crippen molar-refractivity contribution < 1.29 is 9.66 Å². The molecular formula is C17H28N4O3. The van der Waals surface area contributed by atoms with Crippen molar-refractivity contribution in [1.82, 2.24) is 10.6 Å². The number of nitro benzene ring substituents is 1. The Bertz CT molecular complexity index is 536. The van der Waals surface area contributed by atoms with E-state index in [1.165, 1.54) is 12.1 Å². The van der Waals surface area contributed by atoms with Gasteiger partial charge in [0, 0.05) is 37.4 Å². The van der Waals surface area contributed by atoms with Crippen LogP contribution in [0.2, 0.25) is 0 Å². The fourth-order valence-electron chi connectivity index (χ4n) is 1.91. The molecule has 0 saturated carbocycles. The van der Waals surface area contributed by atoms with Gasteiger partial charge >= 0.3 is 0 Å². The van der Waals surface area contributed by atoms with Crippen LogP contribution in [0.15, 0.2) is 29.3 Å². The monoisotopic (exact) mass is 336 g/mol. The smallest absolute Gasteiger partial charge is 0.269 e. The SMILES string of the molecule is CCOCCCNC(=NCc1ccc([N+](=O)[O-])cc1)NC(C)(C)C. The third kappa shape index (κ3) is 8.47. The van der Waals surface area contributed by atoms with Crippen molar-refractivity contribution in [1.29, 1.82) is 0 Å². The lowest BCUT2D eigenvalue weighted by Gasteiger charge is -2.24. The van der Waals surface area contributed by atoms with Crippen LogP contribution >= 0.6 is 0 Å². The second-order valence-corrected chi connectivity index (χ2v) is 6.44. The zero-order valence-electron chi connectivity index (χ0n) is 15.0. The number of nitro groups is 1. The summed E-state index contributed by atoms with van der Waals surface area (Å²) in [5.74, 6) is 0.720. The minimum Gasteiger partial charge on any atom is -0.382 e. The first-order chi connectivity index (χ1) is 11.3. The molecule has 0 fully saturated rings. The minimum atomic E-state index is -0.403. The summed E-state index contributed by atoms with van der Waals surface area (Å²) in [6.45, 7) is 10.8. The Morgan fingerprint density at radius 2 is 1.96 bits per heavy atom. The molecule has 0 aromatic heterocycles. The van der Waals surface area contributed by atoms with Gasteiger partial charge in [-0.2, -0.15) is 0 Å². The van der Waals surface area contributed by atoms with Crippen LogP contribution in [0.4, 0.5) is 5.69 Å². The van der Waals surface area contributed by atoms with E-state index in [-0.39, 0.29) is 11.2 Å². The number of ether oxygens (including phenoxy) is 1. The molecule has 2 N–H and O–H groups in total. The van der Waals surface area contributed by atoms with Gasteiger partial charge in [-0.1, -0.05) is 12.1 Å². The molecule has 1 rings (SSSR count). The Morgan fingerprint density at radius 3 is 2.50 bits per heavy atom. The first-order valence-electron chi connectivity index (χ1n) is 8.19. The van der Waals surface area contributed by atoms with Gasteiger partial charge in [0.05, 0.1) is 11.5 Å². The Labute approximate surface area is 143 Å². The van der Waals surface area contributed by atoms with Gasteiger partial charge in [0.15, 0.2) is 5.96 Å². The fraction of sp³-hybridized carbons (Fsp3) is 0.588. The standard InChI is InChI=1S/C17H28N4O3/c1-5-24-12-6-11-18-16(20-17(2,3)4)19-13-14-7-9-15(10-8-14)21(22)23/h7-10H,5-6,11-13H2,1-4H3,(H2,18,19,20). The van der Waals surface area contributed by atoms with Crippen molar-refractivity contribution in [3.63, 3.8) is 0 Å². The van der Waals surface area contributed by atoms with Crippen molar-refractivity contribution in [2.24, 2.45) is 4.99 Å². The van der Waals surface area contributed by atoms with Gasteiger partial charge in [-0.25, -0.2) is 4.99 Å². The number of nitrogens with one attached hydrogen (secondary N) is 2. The fourth-order valence-corrected chi connectivity index (χ4v) is 1.91. The zero-order valence-corrected chi connectivity index (χ0v) is 15.0. The molecule has 7 nitrogen and oxygen atoms in total. The molecule has 24 heavy (non-hydrogen) atoms. The Hall–Kier alpha value is -2.15. The number of hydrogen-bond acceptors (Lipinski definition) is 4. The summed E-state index contributed by atoms with van der Waals surface area (Å²) < 4.78 is 5.32. The molecule has 0 atom stereocenters. The van der Waals surface area contributed by atoms with Gasteiger partial charge in [-0.3, -0.25) is 10.1 Å². The summed E-state index contributed by atoms with van der Waals surface area (Å²) in [5.41, 5.74) is 0.899. The van der Waals surface area contributed by atoms with Gasteiger partial charge < -0.3 is 15.4 Å². The Morgan fingerprint density at radius 1 is 1.29 bits per heavy atom. The Kier molecular flexibility index (Phi) is 8.18. The van der Waals surface area contributed by atoms with Crippen LogP contribution in [-0.4, -0.2) is 36.2 Å². The highest BCUT2D eigenvalue weighted by Crippen LogP contribution is 2.12. The molecule has 0 heterocycles. The maximum Gasteiger partial charge on any atom is 0.269 e. The van der Waals surface area contributed by atoms with E-state index >= 15 is 0 Å². The first kappa shape index (κ1) is 19.9. The van der Waals surface area contributed by atoms with E-state index in [1.807, 2.05) is 6.92 Å². The van der Waals surface area contributed by atoms with Crippen LogP contribution in [0.25, 0.3) is 0 Å². The van der Waals surface area contributed by atoms with Crippen LogP contribution in [0, 0.1) is 10.1 Å². The van der Waals surface area contributed by atoms with Crippen LogP contribution in [0.5, 0.6) is 0 Å². The van der Waals surface area contributed by atoms with Gasteiger partial charge in [-0.15, -0.1) is 0 Å². The number of guanidine groups is 1. The molecular weight excluding hydrogens is 308 g/mol. The molecule has 1 aromatic carbocycles. The number of hydrogen-bond donors (Lipinski definition) is 2. The Balaban J connectivity index is 2.63. The van der Waals surface area contributed by atoms with Crippen LogP contribution < -0.4 is 10.6 Å². The van der Waals surface area contributed by atoms with Crippen molar-refractivity contribution >= 4 is 11.6 Å². The lowest BCUT2D eigenvalue weighted by molar-refractivity contribution is -0.384. The van der Waals surface area contributed by atoms with Gasteiger partial charge in [0.1, 0.15) is 0 Å². The summed E-state index contributed by atoms with van der Waals surface area (Å²) in [5, 5.41) is 17.3. The van der Waals surface area contributed by atoms with Gasteiger partial charge in [0.25, 0.3) is 5.69 Å². The average molecular weight is 336 g/mol. The number of aliphatic imine (C=N–C) groups is 1. The normalized spacial score (nSPS) is 12.1. The van der Waals surface area contributed by atoms with E-state index in [9.17, 15) is 10.1 Å². The van der Waals surface area contributed by atoms with E-state index in [0.717, 1.165) is 31.1 Å². The lowest BCUT2D eigenvalue weighted by atomic mass is 10.1. The van der Waals surface area contributed by atoms with Crippen molar-refractivity contribution in [2.75, 3.05) is 19.8 Å². The third-order valence-corrected chi connectivity index (χ3v) is 3.02. The molecule has 0 unspecified atom stereocenters. The highest BCUT2D eigenvalue weighted by Gasteiger charge is 2.12. The minimum absolute atomic E-state index is 0.0878. The molecule has 0 radical (unpaired) electrons. The van der Waals surface area contributed by atoms with E-state index < -0.39 is 4.92 Å². The lowest BCUT2D eigenvalue weighted by Crippen LogP contribution is -2.48. The number of benzene rings is 1. The topological polar surface area (TPSA) is 88.8 Å². The number of nitrogens with zero attached hydrogens (tertiary/aromatic N) is 2. The highest BCUT2D eigenvalue weighted by molar-refractivity contribution is 5.80. The van der Waals surface area contributed by atoms with Crippen molar-refractivity contribution in [3.8, 4) is 0 Å². The molecule has 7 heteroatoms. The van der Waals surface area contributed by atoms with Crippen molar-refractivity contribution in [3.05, 3.63) is 39.9 Å². The highest BCUT2D eigenvalue weighted by atomic mass is 16.6. The maximum absolute atomic E-state index is 10.7. The number of non-ortho nitro benzene ring substituents is 1. The average Bonchev–Trinajstić information content (AvgIpc) is 2.51. The molecule has 0 aliphatic heterocycles. The van der Waals surface area contributed by atoms with Crippen LogP contribution in [0.1, 0.15) is 39.7 Å². The predicted octanol–water partition coefficient (Wildman–Crippen LogP) is 2.86. The zero-order chi connectivity index (χ0) is 18.0. The van der Waals surface area contributed by atoms with E-state index in [0.29, 0.717) is 13.2 Å². The summed E-state index contributed by atoms with van der Waals surface area (Å²) in [4.78, 5) is 14.8. The van der Waals surface area contributed by atoms with E-state index in [1.54, 1.807) is 12.1 Å². The van der Waals surface area contributed by atoms with Gasteiger partial charge in [0.2, 0.25) is 0 Å². The number of rotatable bonds is 8. The molecule has 0 amide bonds. The summed E-state index contributed by atoms with van der Waals surface area (Å²) >= 11 is 0. The largest absolute Gasteiger partial charge is 0.382 e. The molecule has 0 spiro atoms. The first-order valence-corrected chi connectivity index (χ1v) is 8.19. The third-order valence-electron chi connectivity index (χ3n) is 3.02. The van der Waals surface area contributed by atoms with Crippen LogP contribution in [0.3, 0.4) is 0 Å². The molecule has 134 valence electrons. The van der Waals surface area contributed by atoms with Gasteiger partial charge in [-0.05, 0) is 39.7 Å². The summed E-state index contributed by atoms with van der Waals surface area (Å²) in [7, 11) is 0. The summed E-state index contributed by atoms with van der Waals surface area (Å²) in [6, 6.07) is 6.45. The van der Waals surface area contributed by atoms with E-state index in [4.69, 9.17) is 4.74 Å². The summed E-state index contributed by atoms with van der Waals surface area (Å²) in [6.07, 6.45) is 0.899. The molecule has 0 aliphatic carbocycles. The van der Waals surface area contributed by atoms with Crippen molar-refractivity contribution in [2.45, 2.75) is 46.2 Å². The molecule has 1 aromatic rings. The van der Waals surface area contributed by atoms with E-state index in [2.05, 4.69) is 36.4 Å². The maximum atomic E-state index is 10.7. The predicted molar refractivity (Wildman–Crippen MR) is 96.2 cm³/mol.